The van der Waals surface area contributed by atoms with Crippen molar-refractivity contribution in [3.05, 3.63) is 17.5 Å². The zero-order chi connectivity index (χ0) is 16.3. The average Bonchev–Trinajstić information content (AvgIpc) is 2.81. The van der Waals surface area contributed by atoms with E-state index < -0.39 is 0 Å². The lowest BCUT2D eigenvalue weighted by Crippen LogP contribution is -2.46. The van der Waals surface area contributed by atoms with Crippen LogP contribution in [0.15, 0.2) is 6.20 Å². The van der Waals surface area contributed by atoms with Crippen molar-refractivity contribution in [2.24, 2.45) is 5.92 Å². The van der Waals surface area contributed by atoms with Gasteiger partial charge >= 0.3 is 0 Å². The van der Waals surface area contributed by atoms with E-state index in [0.29, 0.717) is 24.3 Å². The second-order valence-corrected chi connectivity index (χ2v) is 6.81. The highest BCUT2D eigenvalue weighted by atomic mass is 16.2. The van der Waals surface area contributed by atoms with Gasteiger partial charge in [-0.25, -0.2) is 0 Å². The highest BCUT2D eigenvalue weighted by molar-refractivity contribution is 5.77. The topological polar surface area (TPSA) is 41.4 Å². The van der Waals surface area contributed by atoms with Crippen LogP contribution in [0, 0.1) is 12.8 Å². The Kier molecular flexibility index (Phi) is 5.62. The number of aryl methyl sites for hydroxylation is 1. The van der Waals surface area contributed by atoms with Crippen LogP contribution in [0.4, 0.5) is 0 Å². The van der Waals surface area contributed by atoms with Crippen LogP contribution in [-0.2, 0) is 17.9 Å². The first-order valence-corrected chi connectivity index (χ1v) is 8.41. The van der Waals surface area contributed by atoms with E-state index in [4.69, 9.17) is 0 Å². The fraction of sp³-hybridized carbons (Fsp3) is 0.765. The van der Waals surface area contributed by atoms with Crippen molar-refractivity contribution < 1.29 is 4.79 Å². The highest BCUT2D eigenvalue weighted by Gasteiger charge is 2.28. The summed E-state index contributed by atoms with van der Waals surface area (Å²) in [4.78, 5) is 16.3. The standard InChI is InChI=1S/C17H30N4O/c1-6-21-14(4)16(9-18-21)12-19(5)10-15-7-8-17(22)20(11-15)13(2)3/h9,13,15H,6-8,10-12H2,1-5H3. The molecule has 0 N–H and O–H groups in total. The summed E-state index contributed by atoms with van der Waals surface area (Å²) in [7, 11) is 2.17. The van der Waals surface area contributed by atoms with Crippen molar-refractivity contribution in [2.75, 3.05) is 20.1 Å². The first-order valence-electron chi connectivity index (χ1n) is 8.41. The maximum atomic E-state index is 11.9. The zero-order valence-corrected chi connectivity index (χ0v) is 14.7. The summed E-state index contributed by atoms with van der Waals surface area (Å²) in [5.41, 5.74) is 2.56. The van der Waals surface area contributed by atoms with Gasteiger partial charge in [0.25, 0.3) is 0 Å². The Hall–Kier alpha value is -1.36. The first-order chi connectivity index (χ1) is 10.4. The number of amides is 1. The summed E-state index contributed by atoms with van der Waals surface area (Å²) in [5, 5.41) is 4.42. The molecule has 0 aromatic carbocycles. The van der Waals surface area contributed by atoms with Gasteiger partial charge in [-0.1, -0.05) is 0 Å². The number of carbonyl (C=O) groups excluding carboxylic acids is 1. The zero-order valence-electron chi connectivity index (χ0n) is 14.7. The van der Waals surface area contributed by atoms with E-state index in [0.717, 1.165) is 32.6 Å². The first kappa shape index (κ1) is 17.0. The maximum absolute atomic E-state index is 11.9. The molecule has 1 saturated heterocycles. The molecule has 0 spiro atoms. The molecule has 0 saturated carbocycles. The van der Waals surface area contributed by atoms with Gasteiger partial charge < -0.3 is 9.80 Å². The molecule has 1 aromatic heterocycles. The predicted octanol–water partition coefficient (Wildman–Crippen LogP) is 2.29. The number of hydrogen-bond acceptors (Lipinski definition) is 3. The van der Waals surface area contributed by atoms with E-state index in [1.54, 1.807) is 0 Å². The fourth-order valence-electron chi connectivity index (χ4n) is 3.35. The van der Waals surface area contributed by atoms with Gasteiger partial charge in [0.05, 0.1) is 6.20 Å². The van der Waals surface area contributed by atoms with Gasteiger partial charge in [-0.2, -0.15) is 5.10 Å². The summed E-state index contributed by atoms with van der Waals surface area (Å²) >= 11 is 0. The highest BCUT2D eigenvalue weighted by Crippen LogP contribution is 2.21. The third kappa shape index (κ3) is 3.88. The molecule has 124 valence electrons. The van der Waals surface area contributed by atoms with E-state index >= 15 is 0 Å². The molecule has 0 radical (unpaired) electrons. The van der Waals surface area contributed by atoms with Crippen molar-refractivity contribution in [1.29, 1.82) is 0 Å². The summed E-state index contributed by atoms with van der Waals surface area (Å²) in [6, 6.07) is 0.311. The third-order valence-corrected chi connectivity index (χ3v) is 4.68. The summed E-state index contributed by atoms with van der Waals surface area (Å²) < 4.78 is 2.04. The van der Waals surface area contributed by atoms with E-state index in [-0.39, 0.29) is 0 Å². The van der Waals surface area contributed by atoms with Gasteiger partial charge in [-0.3, -0.25) is 9.48 Å². The molecule has 1 aromatic rings. The fourth-order valence-corrected chi connectivity index (χ4v) is 3.35. The molecule has 0 aliphatic carbocycles. The van der Waals surface area contributed by atoms with Crippen LogP contribution in [-0.4, -0.2) is 51.7 Å². The number of carbonyl (C=O) groups is 1. The van der Waals surface area contributed by atoms with Gasteiger partial charge in [-0.15, -0.1) is 0 Å². The van der Waals surface area contributed by atoms with Gasteiger partial charge in [0, 0.05) is 49.9 Å². The van der Waals surface area contributed by atoms with E-state index in [1.165, 1.54) is 11.3 Å². The van der Waals surface area contributed by atoms with E-state index in [2.05, 4.69) is 44.7 Å². The van der Waals surface area contributed by atoms with Crippen LogP contribution in [0.25, 0.3) is 0 Å². The van der Waals surface area contributed by atoms with Crippen LogP contribution >= 0.6 is 0 Å². The lowest BCUT2D eigenvalue weighted by Gasteiger charge is -2.37. The molecular formula is C17H30N4O. The Labute approximate surface area is 134 Å². The Balaban J connectivity index is 1.90. The second kappa shape index (κ2) is 7.27. The minimum atomic E-state index is 0.311. The number of piperidine rings is 1. The van der Waals surface area contributed by atoms with Crippen LogP contribution in [0.5, 0.6) is 0 Å². The Morgan fingerprint density at radius 2 is 2.18 bits per heavy atom. The van der Waals surface area contributed by atoms with Crippen molar-refractivity contribution in [3.8, 4) is 0 Å². The minimum Gasteiger partial charge on any atom is -0.340 e. The number of rotatable bonds is 6. The molecule has 1 aliphatic rings. The number of aromatic nitrogens is 2. The Morgan fingerprint density at radius 3 is 2.77 bits per heavy atom. The number of nitrogens with zero attached hydrogens (tertiary/aromatic N) is 4. The Morgan fingerprint density at radius 1 is 1.45 bits per heavy atom. The number of likely N-dealkylation sites (tertiary alicyclic amines) is 1. The molecule has 1 amide bonds. The van der Waals surface area contributed by atoms with E-state index in [1.807, 2.05) is 15.8 Å². The van der Waals surface area contributed by atoms with Crippen molar-refractivity contribution in [2.45, 2.75) is 59.7 Å². The van der Waals surface area contributed by atoms with Crippen LogP contribution in [0.2, 0.25) is 0 Å². The molecule has 0 bridgehead atoms. The van der Waals surface area contributed by atoms with Crippen molar-refractivity contribution >= 4 is 5.91 Å². The van der Waals surface area contributed by atoms with Crippen LogP contribution in [0.3, 0.4) is 0 Å². The molecule has 22 heavy (non-hydrogen) atoms. The molecule has 5 nitrogen and oxygen atoms in total. The molecule has 2 heterocycles. The van der Waals surface area contributed by atoms with Crippen molar-refractivity contribution in [3.63, 3.8) is 0 Å². The molecule has 1 unspecified atom stereocenters. The van der Waals surface area contributed by atoms with Gasteiger partial charge in [0.2, 0.25) is 5.91 Å². The maximum Gasteiger partial charge on any atom is 0.222 e. The average molecular weight is 306 g/mol. The molecular weight excluding hydrogens is 276 g/mol. The normalized spacial score (nSPS) is 19.5. The minimum absolute atomic E-state index is 0.311. The number of hydrogen-bond donors (Lipinski definition) is 0. The molecule has 1 atom stereocenters. The van der Waals surface area contributed by atoms with Gasteiger partial charge in [0.1, 0.15) is 0 Å². The van der Waals surface area contributed by atoms with Gasteiger partial charge in [0.15, 0.2) is 0 Å². The molecule has 2 rings (SSSR count). The third-order valence-electron chi connectivity index (χ3n) is 4.68. The van der Waals surface area contributed by atoms with Crippen molar-refractivity contribution in [1.82, 2.24) is 19.6 Å². The largest absolute Gasteiger partial charge is 0.340 e. The smallest absolute Gasteiger partial charge is 0.222 e. The molecule has 1 fully saturated rings. The molecule has 5 heteroatoms. The summed E-state index contributed by atoms with van der Waals surface area (Å²) in [6.07, 6.45) is 3.70. The Bertz CT molecular complexity index is 509. The summed E-state index contributed by atoms with van der Waals surface area (Å²) in [6.45, 7) is 12.2. The van der Waals surface area contributed by atoms with E-state index in [9.17, 15) is 4.79 Å². The van der Waals surface area contributed by atoms with Crippen LogP contribution < -0.4 is 0 Å². The van der Waals surface area contributed by atoms with Gasteiger partial charge in [-0.05, 0) is 47.1 Å². The second-order valence-electron chi connectivity index (χ2n) is 6.81. The monoisotopic (exact) mass is 306 g/mol. The summed E-state index contributed by atoms with van der Waals surface area (Å²) in [5.74, 6) is 0.889. The lowest BCUT2D eigenvalue weighted by molar-refractivity contribution is -0.136. The molecule has 1 aliphatic heterocycles. The SMILES string of the molecule is CCn1ncc(CN(C)CC2CCC(=O)N(C(C)C)C2)c1C. The quantitative estimate of drug-likeness (QED) is 0.810. The predicted molar refractivity (Wildman–Crippen MR) is 88.5 cm³/mol. The van der Waals surface area contributed by atoms with Crippen LogP contribution in [0.1, 0.15) is 44.9 Å². The lowest BCUT2D eigenvalue weighted by atomic mass is 9.96.